The van der Waals surface area contributed by atoms with E-state index in [4.69, 9.17) is 11.6 Å². The van der Waals surface area contributed by atoms with Gasteiger partial charge in [-0.15, -0.1) is 0 Å². The van der Waals surface area contributed by atoms with Crippen molar-refractivity contribution in [3.63, 3.8) is 0 Å². The van der Waals surface area contributed by atoms with Gasteiger partial charge in [-0.25, -0.2) is 8.42 Å². The summed E-state index contributed by atoms with van der Waals surface area (Å²) in [5, 5.41) is 3.26. The molecule has 1 N–H and O–H groups in total. The number of anilines is 1. The number of rotatable bonds is 7. The largest absolute Gasteiger partial charge is 0.354 e. The number of hydrogen-bond acceptors (Lipinski definition) is 3. The topological polar surface area (TPSA) is 66.5 Å². The highest BCUT2D eigenvalue weighted by molar-refractivity contribution is 7.92. The second-order valence-corrected chi connectivity index (χ2v) is 7.05. The van der Waals surface area contributed by atoms with Crippen LogP contribution in [0, 0.1) is 0 Å². The van der Waals surface area contributed by atoms with Crippen molar-refractivity contribution in [3.8, 4) is 0 Å². The fourth-order valence-electron chi connectivity index (χ4n) is 2.01. The van der Waals surface area contributed by atoms with Gasteiger partial charge in [0.15, 0.2) is 0 Å². The zero-order valence-corrected chi connectivity index (χ0v) is 14.0. The molecule has 118 valence electrons. The third kappa shape index (κ3) is 4.89. The quantitative estimate of drug-likeness (QED) is 0.833. The Morgan fingerprint density at radius 3 is 2.29 bits per heavy atom. The van der Waals surface area contributed by atoms with E-state index in [1.807, 2.05) is 6.92 Å². The maximum atomic E-state index is 12.2. The standard InChI is InChI=1S/C14H21ClN2O3S/c1-4-10-16-14(18)13(5-2)17(21(3,19)20)12-8-6-11(15)7-9-12/h6-9,13H,4-5,10H2,1-3H3,(H,16,18). The van der Waals surface area contributed by atoms with Crippen LogP contribution in [0.4, 0.5) is 5.69 Å². The van der Waals surface area contributed by atoms with Gasteiger partial charge < -0.3 is 5.32 Å². The van der Waals surface area contributed by atoms with Crippen LogP contribution in [0.25, 0.3) is 0 Å². The molecule has 0 aliphatic carbocycles. The van der Waals surface area contributed by atoms with Crippen LogP contribution in [0.5, 0.6) is 0 Å². The van der Waals surface area contributed by atoms with Gasteiger partial charge >= 0.3 is 0 Å². The zero-order chi connectivity index (χ0) is 16.0. The van der Waals surface area contributed by atoms with Gasteiger partial charge in [-0.3, -0.25) is 9.10 Å². The lowest BCUT2D eigenvalue weighted by atomic mass is 10.2. The van der Waals surface area contributed by atoms with E-state index >= 15 is 0 Å². The average molecular weight is 333 g/mol. The number of carbonyl (C=O) groups excluding carboxylic acids is 1. The highest BCUT2D eigenvalue weighted by Gasteiger charge is 2.31. The number of benzene rings is 1. The number of halogens is 1. The maximum Gasteiger partial charge on any atom is 0.243 e. The molecule has 0 spiro atoms. The number of nitrogens with zero attached hydrogens (tertiary/aromatic N) is 1. The molecule has 0 aromatic heterocycles. The second-order valence-electron chi connectivity index (χ2n) is 4.75. The first-order valence-corrected chi connectivity index (χ1v) is 9.06. The fraction of sp³-hybridized carbons (Fsp3) is 0.500. The lowest BCUT2D eigenvalue weighted by Gasteiger charge is -2.30. The molecule has 0 aliphatic rings. The molecule has 7 heteroatoms. The van der Waals surface area contributed by atoms with E-state index in [9.17, 15) is 13.2 Å². The Morgan fingerprint density at radius 2 is 1.86 bits per heavy atom. The van der Waals surface area contributed by atoms with Crippen molar-refractivity contribution >= 4 is 33.2 Å². The fourth-order valence-corrected chi connectivity index (χ4v) is 3.35. The molecule has 1 unspecified atom stereocenters. The van der Waals surface area contributed by atoms with Crippen LogP contribution in [-0.2, 0) is 14.8 Å². The molecule has 0 saturated carbocycles. The van der Waals surface area contributed by atoms with Gasteiger partial charge in [0.1, 0.15) is 6.04 Å². The smallest absolute Gasteiger partial charge is 0.243 e. The van der Waals surface area contributed by atoms with E-state index in [2.05, 4.69) is 5.32 Å². The molecule has 1 amide bonds. The molecule has 1 rings (SSSR count). The van der Waals surface area contributed by atoms with Gasteiger partial charge in [0.05, 0.1) is 11.9 Å². The molecular weight excluding hydrogens is 312 g/mol. The Hall–Kier alpha value is -1.27. The minimum Gasteiger partial charge on any atom is -0.354 e. The van der Waals surface area contributed by atoms with E-state index < -0.39 is 16.1 Å². The Kier molecular flexibility index (Phi) is 6.48. The van der Waals surface area contributed by atoms with Gasteiger partial charge in [0.2, 0.25) is 15.9 Å². The van der Waals surface area contributed by atoms with Crippen LogP contribution in [0.15, 0.2) is 24.3 Å². The SMILES string of the molecule is CCCNC(=O)C(CC)N(c1ccc(Cl)cc1)S(C)(=O)=O. The Balaban J connectivity index is 3.17. The maximum absolute atomic E-state index is 12.2. The molecular formula is C14H21ClN2O3S. The van der Waals surface area contributed by atoms with Crippen LogP contribution in [0.1, 0.15) is 26.7 Å². The first kappa shape index (κ1) is 17.8. The van der Waals surface area contributed by atoms with E-state index in [1.165, 1.54) is 0 Å². The van der Waals surface area contributed by atoms with Gasteiger partial charge in [0, 0.05) is 11.6 Å². The highest BCUT2D eigenvalue weighted by atomic mass is 35.5. The van der Waals surface area contributed by atoms with Gasteiger partial charge in [-0.1, -0.05) is 25.4 Å². The van der Waals surface area contributed by atoms with Crippen LogP contribution in [0.3, 0.4) is 0 Å². The molecule has 21 heavy (non-hydrogen) atoms. The summed E-state index contributed by atoms with van der Waals surface area (Å²) in [5.74, 6) is -0.292. The van der Waals surface area contributed by atoms with Crippen molar-refractivity contribution in [1.82, 2.24) is 5.32 Å². The number of nitrogens with one attached hydrogen (secondary N) is 1. The number of amides is 1. The van der Waals surface area contributed by atoms with Crippen molar-refractivity contribution in [2.24, 2.45) is 0 Å². The summed E-state index contributed by atoms with van der Waals surface area (Å²) in [7, 11) is -3.58. The monoisotopic (exact) mass is 332 g/mol. The van der Waals surface area contributed by atoms with Crippen molar-refractivity contribution in [1.29, 1.82) is 0 Å². The summed E-state index contributed by atoms with van der Waals surface area (Å²) >= 11 is 5.83. The summed E-state index contributed by atoms with van der Waals surface area (Å²) in [4.78, 5) is 12.2. The molecule has 0 heterocycles. The van der Waals surface area contributed by atoms with Gasteiger partial charge in [-0.2, -0.15) is 0 Å². The van der Waals surface area contributed by atoms with Crippen molar-refractivity contribution < 1.29 is 13.2 Å². The molecule has 1 aromatic carbocycles. The van der Waals surface area contributed by atoms with E-state index in [0.29, 0.717) is 23.7 Å². The lowest BCUT2D eigenvalue weighted by Crippen LogP contribution is -2.49. The molecule has 0 radical (unpaired) electrons. The number of carbonyl (C=O) groups is 1. The van der Waals surface area contributed by atoms with Gasteiger partial charge in [-0.05, 0) is 37.1 Å². The lowest BCUT2D eigenvalue weighted by molar-refractivity contribution is -0.122. The molecule has 5 nitrogen and oxygen atoms in total. The minimum atomic E-state index is -3.58. The number of sulfonamides is 1. The van der Waals surface area contributed by atoms with E-state index in [0.717, 1.165) is 17.0 Å². The Morgan fingerprint density at radius 1 is 1.29 bits per heavy atom. The average Bonchev–Trinajstić information content (AvgIpc) is 2.42. The first-order valence-electron chi connectivity index (χ1n) is 6.84. The van der Waals surface area contributed by atoms with Crippen LogP contribution in [0.2, 0.25) is 5.02 Å². The third-order valence-corrected chi connectivity index (χ3v) is 4.39. The van der Waals surface area contributed by atoms with E-state index in [1.54, 1.807) is 31.2 Å². The number of hydrogen-bond donors (Lipinski definition) is 1. The van der Waals surface area contributed by atoms with Gasteiger partial charge in [0.25, 0.3) is 0 Å². The second kappa shape index (κ2) is 7.66. The molecule has 0 fully saturated rings. The van der Waals surface area contributed by atoms with Crippen molar-refractivity contribution in [2.75, 3.05) is 17.1 Å². The molecule has 0 saturated heterocycles. The molecule has 0 bridgehead atoms. The molecule has 1 aromatic rings. The predicted octanol–water partition coefficient (Wildman–Crippen LogP) is 2.41. The molecule has 1 atom stereocenters. The molecule has 0 aliphatic heterocycles. The zero-order valence-electron chi connectivity index (χ0n) is 12.5. The summed E-state index contributed by atoms with van der Waals surface area (Å²) in [6.45, 7) is 4.24. The summed E-state index contributed by atoms with van der Waals surface area (Å²) in [6, 6.07) is 5.63. The summed E-state index contributed by atoms with van der Waals surface area (Å²) < 4.78 is 25.4. The van der Waals surface area contributed by atoms with Crippen LogP contribution in [-0.4, -0.2) is 33.2 Å². The predicted molar refractivity (Wildman–Crippen MR) is 86.2 cm³/mol. The Bertz CT molecular complexity index is 572. The minimum absolute atomic E-state index is 0.292. The summed E-state index contributed by atoms with van der Waals surface area (Å²) in [5.41, 5.74) is 0.431. The highest BCUT2D eigenvalue weighted by Crippen LogP contribution is 2.24. The van der Waals surface area contributed by atoms with Crippen molar-refractivity contribution in [3.05, 3.63) is 29.3 Å². The normalized spacial score (nSPS) is 12.8. The van der Waals surface area contributed by atoms with Crippen LogP contribution >= 0.6 is 11.6 Å². The van der Waals surface area contributed by atoms with E-state index in [-0.39, 0.29) is 5.91 Å². The van der Waals surface area contributed by atoms with Crippen LogP contribution < -0.4 is 9.62 Å². The first-order chi connectivity index (χ1) is 9.81. The Labute approximate surface area is 131 Å². The summed E-state index contributed by atoms with van der Waals surface area (Å²) in [6.07, 6.45) is 2.27. The third-order valence-electron chi connectivity index (χ3n) is 2.96. The van der Waals surface area contributed by atoms with Crippen molar-refractivity contribution in [2.45, 2.75) is 32.7 Å².